The van der Waals surface area contributed by atoms with Gasteiger partial charge in [0.15, 0.2) is 0 Å². The van der Waals surface area contributed by atoms with Gasteiger partial charge in [-0.05, 0) is 19.3 Å². The Kier molecular flexibility index (Phi) is 19.9. The first-order valence-electron chi connectivity index (χ1n) is 12.0. The number of carboxylic acid groups (broad SMARTS) is 1. The molecule has 0 heterocycles. The van der Waals surface area contributed by atoms with E-state index >= 15 is 0 Å². The average Bonchev–Trinajstić information content (AvgIpc) is 2.65. The van der Waals surface area contributed by atoms with Crippen molar-refractivity contribution in [3.8, 4) is 0 Å². The monoisotopic (exact) mass is 398 g/mol. The first kappa shape index (κ1) is 26.9. The predicted octanol–water partition coefficient (Wildman–Crippen LogP) is 7.43. The molecule has 0 amide bonds. The topological polar surface area (TPSA) is 63.6 Å². The smallest absolute Gasteiger partial charge is 0.307 e. The van der Waals surface area contributed by atoms with Crippen LogP contribution >= 0.6 is 0 Å². The Morgan fingerprint density at radius 1 is 0.679 bits per heavy atom. The van der Waals surface area contributed by atoms with Gasteiger partial charge in [-0.3, -0.25) is 9.59 Å². The number of unbranched alkanes of at least 4 members (excludes halogenated alkanes) is 14. The van der Waals surface area contributed by atoms with Crippen molar-refractivity contribution < 1.29 is 19.4 Å². The predicted molar refractivity (Wildman–Crippen MR) is 117 cm³/mol. The summed E-state index contributed by atoms with van der Waals surface area (Å²) in [6, 6.07) is 0. The van der Waals surface area contributed by atoms with Crippen molar-refractivity contribution in [2.45, 2.75) is 142 Å². The first-order chi connectivity index (χ1) is 13.6. The summed E-state index contributed by atoms with van der Waals surface area (Å²) in [6.45, 7) is 4.39. The van der Waals surface area contributed by atoms with Crippen LogP contribution in [0.15, 0.2) is 0 Å². The van der Waals surface area contributed by atoms with Crippen molar-refractivity contribution in [2.75, 3.05) is 0 Å². The molecule has 0 aromatic carbocycles. The normalized spacial score (nSPS) is 12.1. The van der Waals surface area contributed by atoms with E-state index in [-0.39, 0.29) is 12.4 Å². The van der Waals surface area contributed by atoms with Gasteiger partial charge in [0.25, 0.3) is 0 Å². The van der Waals surface area contributed by atoms with Gasteiger partial charge >= 0.3 is 11.9 Å². The lowest BCUT2D eigenvalue weighted by Crippen LogP contribution is -2.21. The molecule has 0 rings (SSSR count). The molecule has 166 valence electrons. The third-order valence-corrected chi connectivity index (χ3v) is 5.31. The zero-order chi connectivity index (χ0) is 20.9. The molecule has 0 aromatic heterocycles. The van der Waals surface area contributed by atoms with E-state index in [1.54, 1.807) is 0 Å². The van der Waals surface area contributed by atoms with Crippen LogP contribution in [0.3, 0.4) is 0 Å². The maximum atomic E-state index is 12.0. The lowest BCUT2D eigenvalue weighted by atomic mass is 10.0. The highest BCUT2D eigenvalue weighted by atomic mass is 16.5. The Morgan fingerprint density at radius 3 is 1.57 bits per heavy atom. The Labute approximate surface area is 173 Å². The van der Waals surface area contributed by atoms with Crippen LogP contribution < -0.4 is 0 Å². The van der Waals surface area contributed by atoms with Crippen molar-refractivity contribution in [2.24, 2.45) is 0 Å². The van der Waals surface area contributed by atoms with Gasteiger partial charge in [0.05, 0.1) is 6.42 Å². The fourth-order valence-electron chi connectivity index (χ4n) is 3.55. The maximum Gasteiger partial charge on any atom is 0.307 e. The summed E-state index contributed by atoms with van der Waals surface area (Å²) in [5.74, 6) is -1.12. The standard InChI is InChI=1S/C24H46O4/c1-3-5-7-9-10-11-12-13-14-15-16-18-20-24(27)28-22(21-23(25)26)19-17-8-6-4-2/h22H,3-21H2,1-2H3,(H,25,26). The quantitative estimate of drug-likeness (QED) is 0.161. The minimum atomic E-state index is -0.890. The Morgan fingerprint density at radius 2 is 1.11 bits per heavy atom. The molecule has 0 saturated carbocycles. The molecular weight excluding hydrogens is 352 g/mol. The van der Waals surface area contributed by atoms with Crippen LogP contribution in [0.5, 0.6) is 0 Å². The van der Waals surface area contributed by atoms with E-state index in [0.717, 1.165) is 38.5 Å². The summed E-state index contributed by atoms with van der Waals surface area (Å²) in [6.07, 6.45) is 20.0. The number of hydrogen-bond donors (Lipinski definition) is 1. The molecule has 0 aromatic rings. The number of carboxylic acids is 1. The van der Waals surface area contributed by atoms with Gasteiger partial charge in [-0.25, -0.2) is 0 Å². The van der Waals surface area contributed by atoms with Crippen LogP contribution in [-0.2, 0) is 14.3 Å². The minimum Gasteiger partial charge on any atom is -0.481 e. The number of rotatable bonds is 21. The van der Waals surface area contributed by atoms with E-state index in [2.05, 4.69) is 13.8 Å². The molecule has 0 aliphatic carbocycles. The summed E-state index contributed by atoms with van der Waals surface area (Å²) >= 11 is 0. The highest BCUT2D eigenvalue weighted by Crippen LogP contribution is 2.15. The van der Waals surface area contributed by atoms with Crippen LogP contribution in [0.25, 0.3) is 0 Å². The molecule has 1 unspecified atom stereocenters. The second-order valence-electron chi connectivity index (χ2n) is 8.20. The van der Waals surface area contributed by atoms with Gasteiger partial charge in [0.1, 0.15) is 6.10 Å². The maximum absolute atomic E-state index is 12.0. The van der Waals surface area contributed by atoms with Crippen LogP contribution in [0.2, 0.25) is 0 Å². The summed E-state index contributed by atoms with van der Waals surface area (Å²) < 4.78 is 5.42. The van der Waals surface area contributed by atoms with Gasteiger partial charge in [-0.1, -0.05) is 104 Å². The zero-order valence-electron chi connectivity index (χ0n) is 18.7. The molecule has 0 radical (unpaired) electrons. The lowest BCUT2D eigenvalue weighted by molar-refractivity contribution is -0.153. The fraction of sp³-hybridized carbons (Fsp3) is 0.917. The summed E-state index contributed by atoms with van der Waals surface area (Å²) in [7, 11) is 0. The Balaban J connectivity index is 3.62. The highest BCUT2D eigenvalue weighted by molar-refractivity contribution is 5.71. The van der Waals surface area contributed by atoms with E-state index < -0.39 is 12.1 Å². The Hall–Kier alpha value is -1.06. The molecule has 0 aliphatic rings. The lowest BCUT2D eigenvalue weighted by Gasteiger charge is -2.16. The van der Waals surface area contributed by atoms with Gasteiger partial charge in [-0.2, -0.15) is 0 Å². The third kappa shape index (κ3) is 19.7. The fourth-order valence-corrected chi connectivity index (χ4v) is 3.55. The molecule has 0 fully saturated rings. The van der Waals surface area contributed by atoms with Crippen LogP contribution in [-0.4, -0.2) is 23.1 Å². The molecule has 0 spiro atoms. The van der Waals surface area contributed by atoms with Crippen molar-refractivity contribution in [1.82, 2.24) is 0 Å². The molecule has 0 aliphatic heterocycles. The second kappa shape index (κ2) is 20.7. The molecular formula is C24H46O4. The molecule has 4 heteroatoms. The SMILES string of the molecule is CCCCCCCCCCCCCCC(=O)OC(CCCCCC)CC(=O)O. The van der Waals surface area contributed by atoms with E-state index in [1.807, 2.05) is 0 Å². The molecule has 1 N–H and O–H groups in total. The molecule has 0 bridgehead atoms. The molecule has 4 nitrogen and oxygen atoms in total. The average molecular weight is 399 g/mol. The van der Waals surface area contributed by atoms with Gasteiger partial charge in [0, 0.05) is 6.42 Å². The number of esters is 1. The molecule has 0 saturated heterocycles. The number of aliphatic carboxylic acids is 1. The van der Waals surface area contributed by atoms with Gasteiger partial charge < -0.3 is 9.84 Å². The Bertz CT molecular complexity index is 368. The van der Waals surface area contributed by atoms with Crippen LogP contribution in [0, 0.1) is 0 Å². The number of ether oxygens (including phenoxy) is 1. The second-order valence-corrected chi connectivity index (χ2v) is 8.20. The molecule has 1 atom stereocenters. The van der Waals surface area contributed by atoms with Crippen LogP contribution in [0.4, 0.5) is 0 Å². The van der Waals surface area contributed by atoms with E-state index in [0.29, 0.717) is 12.8 Å². The number of carbonyl (C=O) groups is 2. The summed E-state index contributed by atoms with van der Waals surface area (Å²) in [4.78, 5) is 23.0. The molecule has 28 heavy (non-hydrogen) atoms. The summed E-state index contributed by atoms with van der Waals surface area (Å²) in [5, 5.41) is 9.00. The number of hydrogen-bond acceptors (Lipinski definition) is 3. The van der Waals surface area contributed by atoms with E-state index in [4.69, 9.17) is 9.84 Å². The summed E-state index contributed by atoms with van der Waals surface area (Å²) in [5.41, 5.74) is 0. The third-order valence-electron chi connectivity index (χ3n) is 5.31. The van der Waals surface area contributed by atoms with Crippen LogP contribution in [0.1, 0.15) is 136 Å². The van der Waals surface area contributed by atoms with Crippen molar-refractivity contribution in [3.63, 3.8) is 0 Å². The highest BCUT2D eigenvalue weighted by Gasteiger charge is 2.17. The first-order valence-corrected chi connectivity index (χ1v) is 12.0. The van der Waals surface area contributed by atoms with Crippen molar-refractivity contribution in [1.29, 1.82) is 0 Å². The van der Waals surface area contributed by atoms with Gasteiger partial charge in [0.2, 0.25) is 0 Å². The minimum absolute atomic E-state index is 0.0731. The van der Waals surface area contributed by atoms with Crippen molar-refractivity contribution in [3.05, 3.63) is 0 Å². The van der Waals surface area contributed by atoms with E-state index in [9.17, 15) is 9.59 Å². The van der Waals surface area contributed by atoms with Gasteiger partial charge in [-0.15, -0.1) is 0 Å². The zero-order valence-corrected chi connectivity index (χ0v) is 18.7. The van der Waals surface area contributed by atoms with E-state index in [1.165, 1.54) is 64.2 Å². The van der Waals surface area contributed by atoms with Crippen molar-refractivity contribution >= 4 is 11.9 Å². The number of carbonyl (C=O) groups excluding carboxylic acids is 1. The largest absolute Gasteiger partial charge is 0.481 e.